The molecule has 2 aromatic carbocycles. The number of nitrogens with zero attached hydrogens (tertiary/aromatic N) is 6. The highest BCUT2D eigenvalue weighted by molar-refractivity contribution is 6.36. The van der Waals surface area contributed by atoms with Crippen molar-refractivity contribution < 1.29 is 4.39 Å². The average molecular weight is 565 g/mol. The maximum Gasteiger partial charge on any atom is 0.141 e. The number of benzene rings is 2. The fourth-order valence-corrected chi connectivity index (χ4v) is 5.78. The Hall–Kier alpha value is -3.45. The average Bonchev–Trinajstić information content (AvgIpc) is 3.38. The molecule has 6 rings (SSSR count). The number of nitrogens with one attached hydrogen (secondary N) is 2. The molecule has 2 aliphatic rings. The Labute approximate surface area is 235 Å². The Bertz CT molecular complexity index is 1550. The van der Waals surface area contributed by atoms with Gasteiger partial charge in [-0.3, -0.25) is 4.98 Å². The van der Waals surface area contributed by atoms with Gasteiger partial charge in [-0.25, -0.2) is 9.07 Å². The summed E-state index contributed by atoms with van der Waals surface area (Å²) < 4.78 is 15.7. The highest BCUT2D eigenvalue weighted by Crippen LogP contribution is 2.36. The summed E-state index contributed by atoms with van der Waals surface area (Å²) in [5, 5.41) is 26.1. The molecule has 2 N–H and O–H groups in total. The van der Waals surface area contributed by atoms with E-state index in [9.17, 15) is 9.65 Å². The van der Waals surface area contributed by atoms with Crippen molar-refractivity contribution >= 4 is 51.2 Å². The zero-order valence-corrected chi connectivity index (χ0v) is 22.7. The van der Waals surface area contributed by atoms with Gasteiger partial charge in [0, 0.05) is 42.1 Å². The topological polar surface area (TPSA) is 94.7 Å². The first-order chi connectivity index (χ1) is 19.0. The predicted octanol–water partition coefficient (Wildman–Crippen LogP) is 6.69. The van der Waals surface area contributed by atoms with Gasteiger partial charge in [0.2, 0.25) is 0 Å². The van der Waals surface area contributed by atoms with Crippen molar-refractivity contribution in [3.05, 3.63) is 69.8 Å². The lowest BCUT2D eigenvalue weighted by Gasteiger charge is -2.41. The summed E-state index contributed by atoms with van der Waals surface area (Å²) in [6.45, 7) is 2.71. The lowest BCUT2D eigenvalue weighted by molar-refractivity contribution is 0.0838. The first-order valence-corrected chi connectivity index (χ1v) is 13.9. The summed E-state index contributed by atoms with van der Waals surface area (Å²) in [6, 6.07) is 11.3. The summed E-state index contributed by atoms with van der Waals surface area (Å²) in [6.07, 6.45) is 9.71. The van der Waals surface area contributed by atoms with Gasteiger partial charge in [0.05, 0.1) is 45.6 Å². The van der Waals surface area contributed by atoms with Crippen LogP contribution in [0.2, 0.25) is 10.0 Å². The highest BCUT2D eigenvalue weighted by Gasteiger charge is 2.29. The zero-order valence-electron chi connectivity index (χ0n) is 21.2. The van der Waals surface area contributed by atoms with Crippen LogP contribution in [0, 0.1) is 17.1 Å². The SMILES string of the molecule is N#Cc1cnc2c(Cl)cc(NCc3cn(C4CCN(C5CCC5)CC4)nn3)cc2c1Nc1ccc(F)c(Cl)c1. The fraction of sp³-hybridized carbons (Fsp3) is 0.357. The number of hydrogen-bond donors (Lipinski definition) is 2. The second-order valence-corrected chi connectivity index (χ2v) is 11.0. The normalized spacial score (nSPS) is 16.7. The van der Waals surface area contributed by atoms with Crippen LogP contribution in [0.3, 0.4) is 0 Å². The Morgan fingerprint density at radius 2 is 1.82 bits per heavy atom. The van der Waals surface area contributed by atoms with Crippen molar-refractivity contribution in [2.24, 2.45) is 0 Å². The van der Waals surface area contributed by atoms with Crippen LogP contribution in [-0.2, 0) is 6.54 Å². The highest BCUT2D eigenvalue weighted by atomic mass is 35.5. The van der Waals surface area contributed by atoms with Crippen molar-refractivity contribution in [2.75, 3.05) is 23.7 Å². The molecule has 2 aromatic heterocycles. The molecule has 8 nitrogen and oxygen atoms in total. The van der Waals surface area contributed by atoms with Crippen LogP contribution in [0.5, 0.6) is 0 Å². The van der Waals surface area contributed by atoms with E-state index in [0.29, 0.717) is 45.5 Å². The summed E-state index contributed by atoms with van der Waals surface area (Å²) in [4.78, 5) is 7.02. The summed E-state index contributed by atoms with van der Waals surface area (Å²) in [5.41, 5.74) is 3.48. The predicted molar refractivity (Wildman–Crippen MR) is 151 cm³/mol. The molecule has 1 saturated heterocycles. The minimum absolute atomic E-state index is 0.0192. The quantitative estimate of drug-likeness (QED) is 0.258. The van der Waals surface area contributed by atoms with E-state index in [2.05, 4.69) is 36.9 Å². The van der Waals surface area contributed by atoms with Gasteiger partial charge >= 0.3 is 0 Å². The molecule has 0 bridgehead atoms. The van der Waals surface area contributed by atoms with Crippen molar-refractivity contribution in [1.82, 2.24) is 24.9 Å². The van der Waals surface area contributed by atoms with E-state index in [1.54, 1.807) is 12.1 Å². The Balaban J connectivity index is 1.19. The molecule has 2 fully saturated rings. The lowest BCUT2D eigenvalue weighted by atomic mass is 9.89. The largest absolute Gasteiger partial charge is 0.379 e. The summed E-state index contributed by atoms with van der Waals surface area (Å²) in [5.74, 6) is -0.520. The van der Waals surface area contributed by atoms with Gasteiger partial charge in [-0.15, -0.1) is 5.10 Å². The van der Waals surface area contributed by atoms with Gasteiger partial charge in [0.1, 0.15) is 17.6 Å². The van der Waals surface area contributed by atoms with E-state index >= 15 is 0 Å². The van der Waals surface area contributed by atoms with E-state index in [4.69, 9.17) is 23.2 Å². The standard InChI is InChI=1S/C28H27Cl2FN8/c29-24-11-18(4-5-26(24)31)35-27-17(13-32)14-34-28-23(27)10-19(12-25(28)30)33-15-20-16-39(37-36-20)22-6-8-38(9-7-22)21-2-1-3-21/h4-5,10-12,14,16,21-22,33H,1-3,6-9,15H2,(H,34,35). The number of piperidine rings is 1. The van der Waals surface area contributed by atoms with Crippen LogP contribution in [0.1, 0.15) is 49.4 Å². The molecular formula is C28H27Cl2FN8. The molecule has 0 radical (unpaired) electrons. The number of rotatable bonds is 7. The maximum atomic E-state index is 13.7. The molecular weight excluding hydrogens is 538 g/mol. The molecule has 3 heterocycles. The van der Waals surface area contributed by atoms with E-state index in [1.165, 1.54) is 37.6 Å². The van der Waals surface area contributed by atoms with Crippen molar-refractivity contribution in [2.45, 2.75) is 50.7 Å². The molecule has 1 aliphatic heterocycles. The first-order valence-electron chi connectivity index (χ1n) is 13.1. The zero-order chi connectivity index (χ0) is 26.9. The van der Waals surface area contributed by atoms with Gasteiger partial charge < -0.3 is 15.5 Å². The second kappa shape index (κ2) is 11.0. The smallest absolute Gasteiger partial charge is 0.141 e. The minimum atomic E-state index is -0.520. The molecule has 1 aliphatic carbocycles. The van der Waals surface area contributed by atoms with Gasteiger partial charge in [0.25, 0.3) is 0 Å². The third kappa shape index (κ3) is 5.37. The number of fused-ring (bicyclic) bond motifs is 1. The number of pyridine rings is 1. The van der Waals surface area contributed by atoms with Gasteiger partial charge in [-0.05, 0) is 56.0 Å². The fourth-order valence-electron chi connectivity index (χ4n) is 5.33. The number of halogens is 3. The van der Waals surface area contributed by atoms with Crippen molar-refractivity contribution in [3.63, 3.8) is 0 Å². The molecule has 0 unspecified atom stereocenters. The minimum Gasteiger partial charge on any atom is -0.379 e. The summed E-state index contributed by atoms with van der Waals surface area (Å²) in [7, 11) is 0. The molecule has 4 aromatic rings. The van der Waals surface area contributed by atoms with E-state index in [0.717, 1.165) is 43.4 Å². The number of likely N-dealkylation sites (tertiary alicyclic amines) is 1. The monoisotopic (exact) mass is 564 g/mol. The maximum absolute atomic E-state index is 13.7. The number of hydrogen-bond acceptors (Lipinski definition) is 7. The molecule has 0 atom stereocenters. The first kappa shape index (κ1) is 25.8. The molecule has 11 heteroatoms. The van der Waals surface area contributed by atoms with E-state index < -0.39 is 5.82 Å². The van der Waals surface area contributed by atoms with E-state index in [-0.39, 0.29) is 5.02 Å². The van der Waals surface area contributed by atoms with Crippen LogP contribution < -0.4 is 10.6 Å². The Kier molecular flexibility index (Phi) is 7.26. The van der Waals surface area contributed by atoms with Crippen LogP contribution in [-0.4, -0.2) is 44.0 Å². The van der Waals surface area contributed by atoms with E-state index in [1.807, 2.05) is 16.9 Å². The van der Waals surface area contributed by atoms with Crippen LogP contribution in [0.15, 0.2) is 42.7 Å². The Morgan fingerprint density at radius 1 is 1.03 bits per heavy atom. The van der Waals surface area contributed by atoms with Crippen LogP contribution in [0.25, 0.3) is 10.9 Å². The molecule has 200 valence electrons. The number of anilines is 3. The van der Waals surface area contributed by atoms with Gasteiger partial charge in [-0.1, -0.05) is 34.8 Å². The third-order valence-corrected chi connectivity index (χ3v) is 8.31. The second-order valence-electron chi connectivity index (χ2n) is 10.2. The van der Waals surface area contributed by atoms with Crippen molar-refractivity contribution in [1.29, 1.82) is 5.26 Å². The number of nitriles is 1. The molecule has 39 heavy (non-hydrogen) atoms. The molecule has 0 amide bonds. The molecule has 1 saturated carbocycles. The number of aromatic nitrogens is 4. The van der Waals surface area contributed by atoms with Crippen LogP contribution >= 0.6 is 23.2 Å². The van der Waals surface area contributed by atoms with Crippen LogP contribution in [0.4, 0.5) is 21.5 Å². The van der Waals surface area contributed by atoms with Gasteiger partial charge in [-0.2, -0.15) is 5.26 Å². The van der Waals surface area contributed by atoms with Crippen molar-refractivity contribution in [3.8, 4) is 6.07 Å². The Morgan fingerprint density at radius 3 is 2.54 bits per heavy atom. The third-order valence-electron chi connectivity index (χ3n) is 7.73. The molecule has 0 spiro atoms. The van der Waals surface area contributed by atoms with Gasteiger partial charge in [0.15, 0.2) is 0 Å². The summed E-state index contributed by atoms with van der Waals surface area (Å²) >= 11 is 12.6. The lowest BCUT2D eigenvalue weighted by Crippen LogP contribution is -2.45.